The van der Waals surface area contributed by atoms with E-state index in [1.165, 1.54) is 13.4 Å². The molecular formula is C13H15BrN4O2. The van der Waals surface area contributed by atoms with Crippen LogP contribution in [0.2, 0.25) is 0 Å². The molecule has 0 amide bonds. The summed E-state index contributed by atoms with van der Waals surface area (Å²) in [6, 6.07) is 7.96. The fourth-order valence-electron chi connectivity index (χ4n) is 1.63. The topological polar surface area (TPSA) is 61.2 Å². The van der Waals surface area contributed by atoms with Crippen LogP contribution in [0.4, 0.5) is 0 Å². The van der Waals surface area contributed by atoms with E-state index in [1.807, 2.05) is 24.3 Å². The van der Waals surface area contributed by atoms with E-state index in [-0.39, 0.29) is 6.10 Å². The molecule has 0 saturated carbocycles. The first-order valence-corrected chi connectivity index (χ1v) is 6.76. The Balaban J connectivity index is 2.08. The highest BCUT2D eigenvalue weighted by atomic mass is 79.9. The second-order valence-corrected chi connectivity index (χ2v) is 4.83. The minimum absolute atomic E-state index is 0.167. The molecule has 1 N–H and O–H groups in total. The van der Waals surface area contributed by atoms with E-state index < -0.39 is 0 Å². The lowest BCUT2D eigenvalue weighted by molar-refractivity contribution is 0.104. The summed E-state index contributed by atoms with van der Waals surface area (Å²) in [5.74, 6) is 0. The van der Waals surface area contributed by atoms with Gasteiger partial charge in [0.05, 0.1) is 19.9 Å². The van der Waals surface area contributed by atoms with Crippen molar-refractivity contribution in [1.29, 1.82) is 0 Å². The number of halogens is 1. The molecule has 1 heterocycles. The first kappa shape index (κ1) is 14.5. The smallest absolute Gasteiger partial charge is 0.142 e. The molecule has 1 unspecified atom stereocenters. The van der Waals surface area contributed by atoms with E-state index in [0.29, 0.717) is 6.54 Å². The quantitative estimate of drug-likeness (QED) is 0.620. The Hall–Kier alpha value is -1.86. The number of nitrogens with one attached hydrogen (secondary N) is 1. The Labute approximate surface area is 125 Å². The van der Waals surface area contributed by atoms with Gasteiger partial charge in [-0.3, -0.25) is 10.3 Å². The lowest BCUT2D eigenvalue weighted by Crippen LogP contribution is -2.12. The summed E-state index contributed by atoms with van der Waals surface area (Å²) in [6.07, 6.45) is 6.12. The highest BCUT2D eigenvalue weighted by molar-refractivity contribution is 9.10. The van der Waals surface area contributed by atoms with Crippen molar-refractivity contribution in [3.05, 3.63) is 59.4 Å². The average molecular weight is 339 g/mol. The van der Waals surface area contributed by atoms with E-state index in [9.17, 15) is 0 Å². The maximum Gasteiger partial charge on any atom is 0.142 e. The van der Waals surface area contributed by atoms with Crippen molar-refractivity contribution >= 4 is 15.9 Å². The zero-order chi connectivity index (χ0) is 14.2. The standard InChI is InChI=1S/C13H15BrN4O2/c1-19-17-6-7-20-13(8-18-10-15-9-16-18)11-2-4-12(14)5-3-11/h2-7,9-10,13,17H,8H2,1H3. The summed E-state index contributed by atoms with van der Waals surface area (Å²) in [4.78, 5) is 8.63. The summed E-state index contributed by atoms with van der Waals surface area (Å²) >= 11 is 3.42. The van der Waals surface area contributed by atoms with Crippen LogP contribution in [0.25, 0.3) is 0 Å². The summed E-state index contributed by atoms with van der Waals surface area (Å²) in [5, 5.41) is 4.10. The van der Waals surface area contributed by atoms with Crippen molar-refractivity contribution in [3.63, 3.8) is 0 Å². The van der Waals surface area contributed by atoms with Crippen LogP contribution in [0, 0.1) is 0 Å². The maximum absolute atomic E-state index is 5.72. The largest absolute Gasteiger partial charge is 0.490 e. The van der Waals surface area contributed by atoms with Gasteiger partial charge in [-0.05, 0) is 17.7 Å². The summed E-state index contributed by atoms with van der Waals surface area (Å²) in [6.45, 7) is 0.568. The van der Waals surface area contributed by atoms with E-state index in [2.05, 4.69) is 31.5 Å². The number of rotatable bonds is 7. The van der Waals surface area contributed by atoms with E-state index in [0.717, 1.165) is 10.0 Å². The van der Waals surface area contributed by atoms with Crippen LogP contribution in [0.3, 0.4) is 0 Å². The normalized spacial score (nSPS) is 12.5. The van der Waals surface area contributed by atoms with E-state index in [4.69, 9.17) is 9.57 Å². The second-order valence-electron chi connectivity index (χ2n) is 3.92. The number of aromatic nitrogens is 3. The fourth-order valence-corrected chi connectivity index (χ4v) is 1.90. The molecule has 1 aromatic heterocycles. The van der Waals surface area contributed by atoms with Crippen LogP contribution in [0.15, 0.2) is 53.9 Å². The molecule has 0 aliphatic heterocycles. The monoisotopic (exact) mass is 338 g/mol. The molecule has 6 nitrogen and oxygen atoms in total. The summed E-state index contributed by atoms with van der Waals surface area (Å²) in [7, 11) is 1.53. The van der Waals surface area contributed by atoms with Crippen molar-refractivity contribution in [3.8, 4) is 0 Å². The third-order valence-corrected chi connectivity index (χ3v) is 3.09. The highest BCUT2D eigenvalue weighted by Gasteiger charge is 2.12. The van der Waals surface area contributed by atoms with Gasteiger partial charge in [-0.2, -0.15) is 5.10 Å². The van der Waals surface area contributed by atoms with Crippen molar-refractivity contribution < 1.29 is 9.57 Å². The predicted octanol–water partition coefficient (Wildman–Crippen LogP) is 2.42. The van der Waals surface area contributed by atoms with E-state index in [1.54, 1.807) is 23.5 Å². The number of hydrogen-bond donors (Lipinski definition) is 1. The van der Waals surface area contributed by atoms with Gasteiger partial charge in [0.25, 0.3) is 0 Å². The molecule has 0 radical (unpaired) electrons. The Bertz CT molecular complexity index is 528. The zero-order valence-electron chi connectivity index (χ0n) is 10.9. The Morgan fingerprint density at radius 1 is 1.40 bits per heavy atom. The van der Waals surface area contributed by atoms with Gasteiger partial charge in [0.1, 0.15) is 25.0 Å². The summed E-state index contributed by atoms with van der Waals surface area (Å²) < 4.78 is 8.47. The number of benzene rings is 1. The van der Waals surface area contributed by atoms with Crippen LogP contribution in [0.1, 0.15) is 11.7 Å². The molecular weight excluding hydrogens is 324 g/mol. The fraction of sp³-hybridized carbons (Fsp3) is 0.231. The molecule has 106 valence electrons. The van der Waals surface area contributed by atoms with Gasteiger partial charge in [0.2, 0.25) is 0 Å². The molecule has 2 rings (SSSR count). The average Bonchev–Trinajstić information content (AvgIpc) is 2.96. The van der Waals surface area contributed by atoms with Crippen molar-refractivity contribution in [2.75, 3.05) is 7.11 Å². The second kappa shape index (κ2) is 7.66. The molecule has 20 heavy (non-hydrogen) atoms. The summed E-state index contributed by atoms with van der Waals surface area (Å²) in [5.41, 5.74) is 3.62. The number of ether oxygens (including phenoxy) is 1. The Kier molecular flexibility index (Phi) is 5.57. The molecule has 0 spiro atoms. The molecule has 0 aliphatic rings. The van der Waals surface area contributed by atoms with E-state index >= 15 is 0 Å². The molecule has 1 atom stereocenters. The SMILES string of the molecule is CONC=COC(Cn1cncn1)c1ccc(Br)cc1. The van der Waals surface area contributed by atoms with Crippen LogP contribution < -0.4 is 5.48 Å². The van der Waals surface area contributed by atoms with Gasteiger partial charge in [0.15, 0.2) is 0 Å². The first-order chi connectivity index (χ1) is 9.79. The molecule has 0 saturated heterocycles. The first-order valence-electron chi connectivity index (χ1n) is 5.96. The molecule has 0 fully saturated rings. The molecule has 2 aromatic rings. The third kappa shape index (κ3) is 4.36. The number of hydroxylamine groups is 1. The Morgan fingerprint density at radius 3 is 2.85 bits per heavy atom. The maximum atomic E-state index is 5.72. The van der Waals surface area contributed by atoms with Crippen LogP contribution in [-0.2, 0) is 16.1 Å². The van der Waals surface area contributed by atoms with Gasteiger partial charge in [0, 0.05) is 4.47 Å². The minimum atomic E-state index is -0.167. The Morgan fingerprint density at radius 2 is 2.20 bits per heavy atom. The molecule has 7 heteroatoms. The molecule has 1 aromatic carbocycles. The van der Waals surface area contributed by atoms with Crippen molar-refractivity contribution in [2.24, 2.45) is 0 Å². The van der Waals surface area contributed by atoms with Crippen molar-refractivity contribution in [1.82, 2.24) is 20.2 Å². The van der Waals surface area contributed by atoms with Gasteiger partial charge in [-0.15, -0.1) is 0 Å². The number of nitrogens with zero attached hydrogens (tertiary/aromatic N) is 3. The highest BCUT2D eigenvalue weighted by Crippen LogP contribution is 2.21. The van der Waals surface area contributed by atoms with Crippen molar-refractivity contribution in [2.45, 2.75) is 12.6 Å². The van der Waals surface area contributed by atoms with Crippen LogP contribution in [-0.4, -0.2) is 21.9 Å². The van der Waals surface area contributed by atoms with Gasteiger partial charge < -0.3 is 4.74 Å². The number of hydrogen-bond acceptors (Lipinski definition) is 5. The molecule has 0 aliphatic carbocycles. The van der Waals surface area contributed by atoms with Crippen LogP contribution >= 0.6 is 15.9 Å². The van der Waals surface area contributed by atoms with Gasteiger partial charge in [-0.25, -0.2) is 9.67 Å². The van der Waals surface area contributed by atoms with Gasteiger partial charge in [-0.1, -0.05) is 28.1 Å². The van der Waals surface area contributed by atoms with Crippen LogP contribution in [0.5, 0.6) is 0 Å². The molecule has 0 bridgehead atoms. The van der Waals surface area contributed by atoms with Gasteiger partial charge >= 0.3 is 0 Å². The zero-order valence-corrected chi connectivity index (χ0v) is 12.5. The lowest BCUT2D eigenvalue weighted by atomic mass is 10.1. The third-order valence-electron chi connectivity index (χ3n) is 2.56. The minimum Gasteiger partial charge on any atom is -0.490 e. The lowest BCUT2D eigenvalue weighted by Gasteiger charge is -2.17. The predicted molar refractivity (Wildman–Crippen MR) is 77.3 cm³/mol.